The summed E-state index contributed by atoms with van der Waals surface area (Å²) in [6.07, 6.45) is 7.04. The number of benzene rings is 2. The maximum absolute atomic E-state index is 11.0. The van der Waals surface area contributed by atoms with E-state index in [1.54, 1.807) is 12.1 Å². The quantitative estimate of drug-likeness (QED) is 0.668. The van der Waals surface area contributed by atoms with E-state index in [2.05, 4.69) is 29.2 Å². The Kier molecular flexibility index (Phi) is 4.85. The minimum Gasteiger partial charge on any atom is -0.504 e. The lowest BCUT2D eigenvalue weighted by Gasteiger charge is -2.17. The fourth-order valence-corrected chi connectivity index (χ4v) is 2.96. The molecule has 0 unspecified atom stereocenters. The topological polar surface area (TPSA) is 49.8 Å². The molecule has 2 aromatic carbocycles. The van der Waals surface area contributed by atoms with Crippen molar-refractivity contribution in [3.8, 4) is 11.5 Å². The molecule has 1 saturated heterocycles. The highest BCUT2D eigenvalue weighted by atomic mass is 16.5. The van der Waals surface area contributed by atoms with E-state index in [0.717, 1.165) is 24.2 Å². The van der Waals surface area contributed by atoms with Crippen LogP contribution in [0.3, 0.4) is 0 Å². The number of hydrogen-bond acceptors (Lipinski definition) is 4. The average Bonchev–Trinajstić information content (AvgIpc) is 3.16. The van der Waals surface area contributed by atoms with Crippen LogP contribution in [-0.2, 0) is 0 Å². The van der Waals surface area contributed by atoms with Crippen LogP contribution in [0.2, 0.25) is 0 Å². The number of phenolic OH excluding ortho intramolecular Hbond substituents is 1. The zero-order valence-electron chi connectivity index (χ0n) is 13.7. The molecule has 0 radical (unpaired) electrons. The average molecular weight is 323 g/mol. The van der Waals surface area contributed by atoms with Gasteiger partial charge in [-0.25, -0.2) is 0 Å². The second-order valence-electron chi connectivity index (χ2n) is 5.90. The number of aldehydes is 1. The second-order valence-corrected chi connectivity index (χ2v) is 5.90. The molecule has 4 heteroatoms. The molecule has 3 rings (SSSR count). The van der Waals surface area contributed by atoms with Gasteiger partial charge in [-0.3, -0.25) is 4.79 Å². The zero-order chi connectivity index (χ0) is 16.9. The van der Waals surface area contributed by atoms with Crippen molar-refractivity contribution in [3.05, 3.63) is 53.1 Å². The highest BCUT2D eigenvalue weighted by Gasteiger charge is 2.11. The van der Waals surface area contributed by atoms with Crippen LogP contribution in [0.5, 0.6) is 11.5 Å². The van der Waals surface area contributed by atoms with Crippen LogP contribution in [0.15, 0.2) is 36.4 Å². The summed E-state index contributed by atoms with van der Waals surface area (Å²) in [7, 11) is 1.47. The normalized spacial score (nSPS) is 14.3. The molecular formula is C20H21NO3. The van der Waals surface area contributed by atoms with Gasteiger partial charge in [0.05, 0.1) is 12.7 Å². The number of aromatic hydroxyl groups is 1. The largest absolute Gasteiger partial charge is 0.504 e. The standard InChI is InChI=1S/C20H21NO3/c1-24-19-13-16(12-17(14-22)20(19)23)5-4-15-6-8-18(9-7-15)21-10-2-3-11-21/h4-9,12-14,23H,2-3,10-11H2,1H3/b5-4+. The monoisotopic (exact) mass is 323 g/mol. The fraction of sp³-hybridized carbons (Fsp3) is 0.250. The number of ether oxygens (including phenoxy) is 1. The molecule has 1 fully saturated rings. The molecular weight excluding hydrogens is 302 g/mol. The van der Waals surface area contributed by atoms with E-state index >= 15 is 0 Å². The lowest BCUT2D eigenvalue weighted by Crippen LogP contribution is -2.17. The minimum atomic E-state index is -0.125. The predicted molar refractivity (Wildman–Crippen MR) is 96.9 cm³/mol. The first-order valence-electron chi connectivity index (χ1n) is 8.10. The molecule has 124 valence electrons. The molecule has 0 aliphatic carbocycles. The Morgan fingerprint density at radius 3 is 2.33 bits per heavy atom. The van der Waals surface area contributed by atoms with E-state index in [4.69, 9.17) is 4.74 Å². The summed E-state index contributed by atoms with van der Waals surface area (Å²) < 4.78 is 5.10. The number of phenols is 1. The molecule has 0 bridgehead atoms. The van der Waals surface area contributed by atoms with Crippen molar-refractivity contribution in [2.24, 2.45) is 0 Å². The molecule has 0 saturated carbocycles. The van der Waals surface area contributed by atoms with Gasteiger partial charge in [0.2, 0.25) is 0 Å². The Bertz CT molecular complexity index is 744. The van der Waals surface area contributed by atoms with Crippen molar-refractivity contribution in [2.75, 3.05) is 25.1 Å². The van der Waals surface area contributed by atoms with E-state index in [1.807, 2.05) is 12.2 Å². The summed E-state index contributed by atoms with van der Waals surface area (Å²) in [5.74, 6) is 0.170. The molecule has 0 atom stereocenters. The molecule has 0 aromatic heterocycles. The van der Waals surface area contributed by atoms with Crippen molar-refractivity contribution < 1.29 is 14.6 Å². The number of carbonyl (C=O) groups excluding carboxylic acids is 1. The summed E-state index contributed by atoms with van der Waals surface area (Å²) in [5.41, 5.74) is 3.37. The Hall–Kier alpha value is -2.75. The summed E-state index contributed by atoms with van der Waals surface area (Å²) in [6.45, 7) is 2.27. The predicted octanol–water partition coefficient (Wildman–Crippen LogP) is 3.98. The number of carbonyl (C=O) groups is 1. The van der Waals surface area contributed by atoms with E-state index in [1.165, 1.54) is 25.6 Å². The summed E-state index contributed by atoms with van der Waals surface area (Å²) in [5, 5.41) is 9.85. The van der Waals surface area contributed by atoms with Crippen LogP contribution < -0.4 is 9.64 Å². The molecule has 0 amide bonds. The van der Waals surface area contributed by atoms with Gasteiger partial charge in [0.25, 0.3) is 0 Å². The highest BCUT2D eigenvalue weighted by molar-refractivity contribution is 5.84. The number of hydrogen-bond donors (Lipinski definition) is 1. The molecule has 1 aliphatic rings. The third kappa shape index (κ3) is 3.43. The first kappa shape index (κ1) is 16.1. The zero-order valence-corrected chi connectivity index (χ0v) is 13.7. The van der Waals surface area contributed by atoms with Gasteiger partial charge >= 0.3 is 0 Å². The van der Waals surface area contributed by atoms with Gasteiger partial charge in [-0.2, -0.15) is 0 Å². The van der Waals surface area contributed by atoms with E-state index in [0.29, 0.717) is 12.0 Å². The van der Waals surface area contributed by atoms with Crippen LogP contribution >= 0.6 is 0 Å². The van der Waals surface area contributed by atoms with Gasteiger partial charge in [0, 0.05) is 18.8 Å². The lowest BCUT2D eigenvalue weighted by molar-refractivity contribution is 0.112. The van der Waals surface area contributed by atoms with E-state index in [9.17, 15) is 9.90 Å². The Morgan fingerprint density at radius 2 is 1.71 bits per heavy atom. The third-order valence-electron chi connectivity index (χ3n) is 4.31. The SMILES string of the molecule is COc1cc(/C=C/c2ccc(N3CCCC3)cc2)cc(C=O)c1O. The van der Waals surface area contributed by atoms with Crippen LogP contribution in [0.1, 0.15) is 34.3 Å². The van der Waals surface area contributed by atoms with Crippen molar-refractivity contribution in [1.29, 1.82) is 0 Å². The molecule has 24 heavy (non-hydrogen) atoms. The van der Waals surface area contributed by atoms with Crippen molar-refractivity contribution in [1.82, 2.24) is 0 Å². The number of rotatable bonds is 5. The Morgan fingerprint density at radius 1 is 1.04 bits per heavy atom. The van der Waals surface area contributed by atoms with Crippen LogP contribution in [0, 0.1) is 0 Å². The van der Waals surface area contributed by atoms with Crippen LogP contribution in [0.4, 0.5) is 5.69 Å². The number of methoxy groups -OCH3 is 1. The second kappa shape index (κ2) is 7.21. The Balaban J connectivity index is 1.79. The molecule has 1 aliphatic heterocycles. The fourth-order valence-electron chi connectivity index (χ4n) is 2.96. The number of nitrogens with zero attached hydrogens (tertiary/aromatic N) is 1. The molecule has 0 spiro atoms. The van der Waals surface area contributed by atoms with Gasteiger partial charge in [-0.15, -0.1) is 0 Å². The first-order chi connectivity index (χ1) is 11.7. The highest BCUT2D eigenvalue weighted by Crippen LogP contribution is 2.31. The maximum atomic E-state index is 11.0. The molecule has 4 nitrogen and oxygen atoms in total. The summed E-state index contributed by atoms with van der Waals surface area (Å²) in [6, 6.07) is 11.8. The van der Waals surface area contributed by atoms with E-state index in [-0.39, 0.29) is 11.3 Å². The van der Waals surface area contributed by atoms with Crippen molar-refractivity contribution in [2.45, 2.75) is 12.8 Å². The maximum Gasteiger partial charge on any atom is 0.168 e. The smallest absolute Gasteiger partial charge is 0.168 e. The summed E-state index contributed by atoms with van der Waals surface area (Å²) in [4.78, 5) is 13.4. The van der Waals surface area contributed by atoms with Gasteiger partial charge in [-0.1, -0.05) is 24.3 Å². The molecule has 2 aromatic rings. The number of anilines is 1. The summed E-state index contributed by atoms with van der Waals surface area (Å²) >= 11 is 0. The lowest BCUT2D eigenvalue weighted by atomic mass is 10.1. The Labute approximate surface area is 142 Å². The van der Waals surface area contributed by atoms with E-state index < -0.39 is 0 Å². The molecule has 1 heterocycles. The first-order valence-corrected chi connectivity index (χ1v) is 8.10. The van der Waals surface area contributed by atoms with Crippen molar-refractivity contribution in [3.63, 3.8) is 0 Å². The molecule has 1 N–H and O–H groups in total. The minimum absolute atomic E-state index is 0.125. The van der Waals surface area contributed by atoms with Gasteiger partial charge < -0.3 is 14.7 Å². The third-order valence-corrected chi connectivity index (χ3v) is 4.31. The van der Waals surface area contributed by atoms with Gasteiger partial charge in [0.15, 0.2) is 17.8 Å². The van der Waals surface area contributed by atoms with Gasteiger partial charge in [-0.05, 0) is 48.2 Å². The van der Waals surface area contributed by atoms with Crippen molar-refractivity contribution >= 4 is 24.1 Å². The van der Waals surface area contributed by atoms with Crippen LogP contribution in [-0.4, -0.2) is 31.6 Å². The van der Waals surface area contributed by atoms with Gasteiger partial charge in [0.1, 0.15) is 0 Å². The van der Waals surface area contributed by atoms with Crippen LogP contribution in [0.25, 0.3) is 12.2 Å².